The second-order valence-corrected chi connectivity index (χ2v) is 5.82. The molecular weight excluding hydrogens is 210 g/mol. The lowest BCUT2D eigenvalue weighted by Gasteiger charge is -2.33. The van der Waals surface area contributed by atoms with Crippen molar-refractivity contribution in [3.8, 4) is 0 Å². The van der Waals surface area contributed by atoms with E-state index in [9.17, 15) is 4.79 Å². The van der Waals surface area contributed by atoms with E-state index < -0.39 is 0 Å². The fraction of sp³-hybridized carbons (Fsp3) is 0.933. The Labute approximate surface area is 106 Å². The molecule has 0 aromatic heterocycles. The molecule has 0 aromatic rings. The molecular formula is C15H27NO. The van der Waals surface area contributed by atoms with Gasteiger partial charge in [0, 0.05) is 12.5 Å². The first-order chi connectivity index (χ1) is 8.36. The Morgan fingerprint density at radius 1 is 0.824 bits per heavy atom. The number of carbonyl (C=O) groups is 1. The van der Waals surface area contributed by atoms with E-state index in [1.54, 1.807) is 0 Å². The van der Waals surface area contributed by atoms with Crippen molar-refractivity contribution in [2.24, 2.45) is 0 Å². The number of Topliss-reactive ketones (excluding diaryl/α,β-unsaturated/α-hetero) is 1. The van der Waals surface area contributed by atoms with Gasteiger partial charge in [0.1, 0.15) is 5.78 Å². The van der Waals surface area contributed by atoms with Crippen LogP contribution in [0.15, 0.2) is 0 Å². The molecule has 0 aromatic carbocycles. The lowest BCUT2D eigenvalue weighted by Crippen LogP contribution is -2.41. The number of carbonyl (C=O) groups excluding carboxylic acids is 1. The van der Waals surface area contributed by atoms with Crippen LogP contribution in [-0.2, 0) is 4.79 Å². The van der Waals surface area contributed by atoms with Crippen molar-refractivity contribution in [3.05, 3.63) is 0 Å². The van der Waals surface area contributed by atoms with Crippen LogP contribution in [0.5, 0.6) is 0 Å². The average Bonchev–Trinajstić information content (AvgIpc) is 2.23. The summed E-state index contributed by atoms with van der Waals surface area (Å²) >= 11 is 0. The van der Waals surface area contributed by atoms with Gasteiger partial charge in [0.15, 0.2) is 0 Å². The van der Waals surface area contributed by atoms with E-state index in [-0.39, 0.29) is 0 Å². The molecule has 1 saturated carbocycles. The monoisotopic (exact) mass is 237 g/mol. The minimum Gasteiger partial charge on any atom is -0.298 e. The largest absolute Gasteiger partial charge is 0.298 e. The zero-order valence-corrected chi connectivity index (χ0v) is 11.1. The Morgan fingerprint density at radius 3 is 2.24 bits per heavy atom. The summed E-state index contributed by atoms with van der Waals surface area (Å²) in [7, 11) is 0. The van der Waals surface area contributed by atoms with Crippen molar-refractivity contribution in [3.63, 3.8) is 0 Å². The minimum atomic E-state index is 0.478. The first kappa shape index (κ1) is 13.1. The van der Waals surface area contributed by atoms with Gasteiger partial charge in [0.05, 0.1) is 6.54 Å². The third-order valence-electron chi connectivity index (χ3n) is 4.37. The van der Waals surface area contributed by atoms with Crippen LogP contribution in [0.1, 0.15) is 70.6 Å². The second kappa shape index (κ2) is 7.15. The first-order valence-corrected chi connectivity index (χ1v) is 7.62. The predicted octanol–water partition coefficient (Wildman–Crippen LogP) is 3.54. The fourth-order valence-electron chi connectivity index (χ4n) is 3.31. The molecule has 0 unspecified atom stereocenters. The van der Waals surface area contributed by atoms with Gasteiger partial charge < -0.3 is 0 Å². The Hall–Kier alpha value is -0.370. The van der Waals surface area contributed by atoms with Gasteiger partial charge in [-0.15, -0.1) is 0 Å². The van der Waals surface area contributed by atoms with Crippen LogP contribution in [0.2, 0.25) is 0 Å². The SMILES string of the molecule is O=C1CCCCCN(C2CCCCCCC2)C1. The number of likely N-dealkylation sites (tertiary alicyclic amines) is 1. The van der Waals surface area contributed by atoms with Crippen LogP contribution in [-0.4, -0.2) is 29.8 Å². The van der Waals surface area contributed by atoms with Gasteiger partial charge in [0.2, 0.25) is 0 Å². The topological polar surface area (TPSA) is 20.3 Å². The summed E-state index contributed by atoms with van der Waals surface area (Å²) in [5.41, 5.74) is 0. The van der Waals surface area contributed by atoms with Gasteiger partial charge in [-0.3, -0.25) is 9.69 Å². The zero-order chi connectivity index (χ0) is 11.9. The van der Waals surface area contributed by atoms with Crippen LogP contribution < -0.4 is 0 Å². The van der Waals surface area contributed by atoms with Crippen LogP contribution in [0, 0.1) is 0 Å². The van der Waals surface area contributed by atoms with E-state index in [0.29, 0.717) is 11.8 Å². The molecule has 1 saturated heterocycles. The predicted molar refractivity (Wildman–Crippen MR) is 71.2 cm³/mol. The molecule has 0 bridgehead atoms. The standard InChI is InChI=1S/C15H27NO/c17-15-11-7-4-8-12-16(13-15)14-9-5-2-1-3-6-10-14/h14H,1-13H2. The zero-order valence-electron chi connectivity index (χ0n) is 11.1. The van der Waals surface area contributed by atoms with Crippen molar-refractivity contribution in [2.45, 2.75) is 76.7 Å². The Kier molecular flexibility index (Phi) is 5.50. The van der Waals surface area contributed by atoms with E-state index in [0.717, 1.165) is 25.9 Å². The average molecular weight is 237 g/mol. The minimum absolute atomic E-state index is 0.478. The molecule has 0 N–H and O–H groups in total. The molecule has 2 rings (SSSR count). The Morgan fingerprint density at radius 2 is 1.47 bits per heavy atom. The summed E-state index contributed by atoms with van der Waals surface area (Å²) in [5, 5.41) is 0. The smallest absolute Gasteiger partial charge is 0.146 e. The Balaban J connectivity index is 1.89. The van der Waals surface area contributed by atoms with E-state index >= 15 is 0 Å². The number of rotatable bonds is 1. The second-order valence-electron chi connectivity index (χ2n) is 5.82. The molecule has 1 aliphatic heterocycles. The third-order valence-corrected chi connectivity index (χ3v) is 4.37. The highest BCUT2D eigenvalue weighted by Gasteiger charge is 2.22. The van der Waals surface area contributed by atoms with Crippen molar-refractivity contribution in [1.29, 1.82) is 0 Å². The Bertz CT molecular complexity index is 231. The summed E-state index contributed by atoms with van der Waals surface area (Å²) < 4.78 is 0. The van der Waals surface area contributed by atoms with Gasteiger partial charge in [-0.2, -0.15) is 0 Å². The van der Waals surface area contributed by atoms with Crippen molar-refractivity contribution in [2.75, 3.05) is 13.1 Å². The van der Waals surface area contributed by atoms with Crippen LogP contribution in [0.3, 0.4) is 0 Å². The van der Waals surface area contributed by atoms with Gasteiger partial charge in [-0.25, -0.2) is 0 Å². The fourth-order valence-corrected chi connectivity index (χ4v) is 3.31. The molecule has 0 spiro atoms. The number of nitrogens with zero attached hydrogens (tertiary/aromatic N) is 1. The van der Waals surface area contributed by atoms with Gasteiger partial charge in [-0.05, 0) is 32.2 Å². The molecule has 0 amide bonds. The van der Waals surface area contributed by atoms with E-state index in [1.165, 1.54) is 57.8 Å². The van der Waals surface area contributed by atoms with Crippen molar-refractivity contribution < 1.29 is 4.79 Å². The molecule has 2 heteroatoms. The lowest BCUT2D eigenvalue weighted by molar-refractivity contribution is -0.121. The highest BCUT2D eigenvalue weighted by molar-refractivity contribution is 5.80. The van der Waals surface area contributed by atoms with Gasteiger partial charge in [-0.1, -0.05) is 38.5 Å². The van der Waals surface area contributed by atoms with Crippen LogP contribution >= 0.6 is 0 Å². The summed E-state index contributed by atoms with van der Waals surface area (Å²) in [6, 6.07) is 0.706. The van der Waals surface area contributed by atoms with Gasteiger partial charge in [0.25, 0.3) is 0 Å². The number of hydrogen-bond donors (Lipinski definition) is 0. The molecule has 2 aliphatic rings. The van der Waals surface area contributed by atoms with E-state index in [1.807, 2.05) is 0 Å². The third kappa shape index (κ3) is 4.42. The van der Waals surface area contributed by atoms with Crippen LogP contribution in [0.25, 0.3) is 0 Å². The summed E-state index contributed by atoms with van der Waals surface area (Å²) in [4.78, 5) is 14.3. The highest BCUT2D eigenvalue weighted by Crippen LogP contribution is 2.23. The first-order valence-electron chi connectivity index (χ1n) is 7.62. The quantitative estimate of drug-likeness (QED) is 0.695. The highest BCUT2D eigenvalue weighted by atomic mass is 16.1. The maximum absolute atomic E-state index is 11.8. The summed E-state index contributed by atoms with van der Waals surface area (Å²) in [6.45, 7) is 1.90. The number of hydrogen-bond acceptors (Lipinski definition) is 2. The van der Waals surface area contributed by atoms with Crippen molar-refractivity contribution in [1.82, 2.24) is 4.90 Å². The molecule has 1 heterocycles. The molecule has 2 nitrogen and oxygen atoms in total. The molecule has 98 valence electrons. The normalized spacial score (nSPS) is 26.9. The van der Waals surface area contributed by atoms with Gasteiger partial charge >= 0.3 is 0 Å². The summed E-state index contributed by atoms with van der Waals surface area (Å²) in [5.74, 6) is 0.478. The summed E-state index contributed by atoms with van der Waals surface area (Å²) in [6.07, 6.45) is 14.1. The maximum atomic E-state index is 11.8. The molecule has 0 radical (unpaired) electrons. The molecule has 17 heavy (non-hydrogen) atoms. The van der Waals surface area contributed by atoms with E-state index in [4.69, 9.17) is 0 Å². The molecule has 2 fully saturated rings. The van der Waals surface area contributed by atoms with Crippen LogP contribution in [0.4, 0.5) is 0 Å². The lowest BCUT2D eigenvalue weighted by atomic mass is 9.94. The van der Waals surface area contributed by atoms with E-state index in [2.05, 4.69) is 4.90 Å². The maximum Gasteiger partial charge on any atom is 0.146 e. The molecule has 0 atom stereocenters. The number of ketones is 1. The molecule has 1 aliphatic carbocycles. The van der Waals surface area contributed by atoms with Crippen molar-refractivity contribution >= 4 is 5.78 Å².